The Labute approximate surface area is 75.0 Å². The van der Waals surface area contributed by atoms with E-state index in [1.54, 1.807) is 0 Å². The summed E-state index contributed by atoms with van der Waals surface area (Å²) in [5.74, 6) is 0. The van der Waals surface area contributed by atoms with Crippen molar-refractivity contribution in [3.8, 4) is 0 Å². The zero-order chi connectivity index (χ0) is 9.03. The Hall–Kier alpha value is -1.04. The van der Waals surface area contributed by atoms with Crippen LogP contribution in [0.25, 0.3) is 0 Å². The Bertz CT molecular complexity index is 260. The van der Waals surface area contributed by atoms with Crippen LogP contribution in [0.2, 0.25) is 0 Å². The average Bonchev–Trinajstić information content (AvgIpc) is 2.02. The number of allylic oxidation sites excluding steroid dienone is 8. The Morgan fingerprint density at radius 2 is 2.00 bits per heavy atom. The molecule has 0 aromatic carbocycles. The van der Waals surface area contributed by atoms with Crippen molar-refractivity contribution in [1.82, 2.24) is 0 Å². The Kier molecular flexibility index (Phi) is 2.69. The van der Waals surface area contributed by atoms with Gasteiger partial charge in [-0.3, -0.25) is 0 Å². The second-order valence-electron chi connectivity index (χ2n) is 3.59. The first kappa shape index (κ1) is 9.05. The van der Waals surface area contributed by atoms with Gasteiger partial charge >= 0.3 is 0 Å². The first-order valence-corrected chi connectivity index (χ1v) is 4.36. The van der Waals surface area contributed by atoms with Gasteiger partial charge in [0.05, 0.1) is 0 Å². The van der Waals surface area contributed by atoms with Crippen LogP contribution < -0.4 is 0 Å². The summed E-state index contributed by atoms with van der Waals surface area (Å²) in [7, 11) is 0. The molecule has 0 saturated carbocycles. The summed E-state index contributed by atoms with van der Waals surface area (Å²) < 4.78 is 0. The molecule has 0 radical (unpaired) electrons. The van der Waals surface area contributed by atoms with Crippen LogP contribution in [0.4, 0.5) is 0 Å². The third kappa shape index (κ3) is 1.97. The third-order valence-corrected chi connectivity index (χ3v) is 2.11. The molecule has 1 aliphatic carbocycles. The van der Waals surface area contributed by atoms with Gasteiger partial charge in [-0.05, 0) is 12.5 Å². The fraction of sp³-hybridized carbons (Fsp3) is 0.333. The molecule has 0 fully saturated rings. The maximum absolute atomic E-state index is 2.22. The first-order chi connectivity index (χ1) is 5.67. The zero-order valence-corrected chi connectivity index (χ0v) is 8.04. The predicted octanol–water partition coefficient (Wildman–Crippen LogP) is 3.64. The number of hydrogen-bond donors (Lipinski definition) is 0. The molecule has 0 nitrogen and oxygen atoms in total. The molecule has 0 bridgehead atoms. The van der Waals surface area contributed by atoms with Crippen LogP contribution in [0.1, 0.15) is 20.8 Å². The van der Waals surface area contributed by atoms with Crippen LogP contribution in [-0.4, -0.2) is 0 Å². The van der Waals surface area contributed by atoms with Gasteiger partial charge < -0.3 is 0 Å². The van der Waals surface area contributed by atoms with Gasteiger partial charge in [0.1, 0.15) is 0 Å². The first-order valence-electron chi connectivity index (χ1n) is 4.36. The molecule has 1 rings (SSSR count). The summed E-state index contributed by atoms with van der Waals surface area (Å²) in [6.07, 6.45) is 14.9. The zero-order valence-electron chi connectivity index (χ0n) is 8.04. The lowest BCUT2D eigenvalue weighted by Crippen LogP contribution is -2.11. The number of hydrogen-bond acceptors (Lipinski definition) is 0. The molecule has 0 aromatic heterocycles. The molecular formula is C12H16. The van der Waals surface area contributed by atoms with E-state index in [9.17, 15) is 0 Å². The molecule has 0 aromatic rings. The molecule has 1 aliphatic rings. The van der Waals surface area contributed by atoms with Gasteiger partial charge in [-0.2, -0.15) is 0 Å². The van der Waals surface area contributed by atoms with Crippen LogP contribution in [0.5, 0.6) is 0 Å². The highest BCUT2D eigenvalue weighted by Crippen LogP contribution is 2.31. The van der Waals surface area contributed by atoms with Crippen LogP contribution in [0, 0.1) is 5.41 Å². The Morgan fingerprint density at radius 1 is 1.25 bits per heavy atom. The number of rotatable bonds is 1. The van der Waals surface area contributed by atoms with Crippen molar-refractivity contribution in [3.63, 3.8) is 0 Å². The maximum atomic E-state index is 2.22. The summed E-state index contributed by atoms with van der Waals surface area (Å²) in [4.78, 5) is 0. The topological polar surface area (TPSA) is 0 Å². The van der Waals surface area contributed by atoms with Crippen molar-refractivity contribution < 1.29 is 0 Å². The van der Waals surface area contributed by atoms with Crippen molar-refractivity contribution in [2.75, 3.05) is 0 Å². The van der Waals surface area contributed by atoms with Gasteiger partial charge in [-0.1, -0.05) is 56.4 Å². The van der Waals surface area contributed by atoms with Gasteiger partial charge in [-0.15, -0.1) is 0 Å². The SMILES string of the molecule is C/C=C\C=C1\C=CC=CC1(C)C. The van der Waals surface area contributed by atoms with Crippen molar-refractivity contribution in [1.29, 1.82) is 0 Å². The summed E-state index contributed by atoms with van der Waals surface area (Å²) >= 11 is 0. The second kappa shape index (κ2) is 3.57. The third-order valence-electron chi connectivity index (χ3n) is 2.11. The molecule has 0 unspecified atom stereocenters. The normalized spacial score (nSPS) is 24.1. The second-order valence-corrected chi connectivity index (χ2v) is 3.59. The monoisotopic (exact) mass is 160 g/mol. The molecule has 0 heterocycles. The highest BCUT2D eigenvalue weighted by Gasteiger charge is 2.18. The van der Waals surface area contributed by atoms with E-state index in [0.29, 0.717) is 0 Å². The van der Waals surface area contributed by atoms with Gasteiger partial charge in [0.25, 0.3) is 0 Å². The molecular weight excluding hydrogens is 144 g/mol. The lowest BCUT2D eigenvalue weighted by atomic mass is 9.81. The largest absolute Gasteiger partial charge is 0.0877 e. The average molecular weight is 160 g/mol. The van der Waals surface area contributed by atoms with Crippen LogP contribution in [0.15, 0.2) is 48.1 Å². The van der Waals surface area contributed by atoms with E-state index in [0.717, 1.165) is 0 Å². The molecule has 0 amide bonds. The van der Waals surface area contributed by atoms with E-state index >= 15 is 0 Å². The quantitative estimate of drug-likeness (QED) is 0.549. The molecule has 12 heavy (non-hydrogen) atoms. The molecule has 0 saturated heterocycles. The van der Waals surface area contributed by atoms with E-state index < -0.39 is 0 Å². The Morgan fingerprint density at radius 3 is 2.58 bits per heavy atom. The van der Waals surface area contributed by atoms with Crippen LogP contribution in [-0.2, 0) is 0 Å². The molecule has 0 spiro atoms. The lowest BCUT2D eigenvalue weighted by Gasteiger charge is -2.24. The van der Waals surface area contributed by atoms with Gasteiger partial charge in [0.15, 0.2) is 0 Å². The van der Waals surface area contributed by atoms with Gasteiger partial charge in [-0.25, -0.2) is 0 Å². The van der Waals surface area contributed by atoms with E-state index in [2.05, 4.69) is 56.4 Å². The van der Waals surface area contributed by atoms with Crippen molar-refractivity contribution in [2.45, 2.75) is 20.8 Å². The maximum Gasteiger partial charge on any atom is 0.00784 e. The lowest BCUT2D eigenvalue weighted by molar-refractivity contribution is 0.591. The van der Waals surface area contributed by atoms with E-state index in [-0.39, 0.29) is 5.41 Å². The van der Waals surface area contributed by atoms with E-state index in [1.807, 2.05) is 6.92 Å². The predicted molar refractivity (Wildman–Crippen MR) is 55.0 cm³/mol. The molecule has 0 aliphatic heterocycles. The van der Waals surface area contributed by atoms with Crippen molar-refractivity contribution in [3.05, 3.63) is 48.1 Å². The highest BCUT2D eigenvalue weighted by molar-refractivity contribution is 5.38. The smallest absolute Gasteiger partial charge is 0.00784 e. The minimum Gasteiger partial charge on any atom is -0.0877 e. The molecule has 0 heteroatoms. The summed E-state index contributed by atoms with van der Waals surface area (Å²) in [6, 6.07) is 0. The van der Waals surface area contributed by atoms with Crippen LogP contribution >= 0.6 is 0 Å². The minimum absolute atomic E-state index is 0.189. The molecule has 0 N–H and O–H groups in total. The van der Waals surface area contributed by atoms with Crippen molar-refractivity contribution >= 4 is 0 Å². The fourth-order valence-corrected chi connectivity index (χ4v) is 1.24. The van der Waals surface area contributed by atoms with Crippen LogP contribution in [0.3, 0.4) is 0 Å². The standard InChI is InChI=1S/C12H16/c1-4-5-8-11-9-6-7-10-12(11,2)3/h4-10H,1-3H3/b5-4-,11-8-. The highest BCUT2D eigenvalue weighted by atomic mass is 14.2. The summed E-state index contributed by atoms with van der Waals surface area (Å²) in [5, 5.41) is 0. The van der Waals surface area contributed by atoms with E-state index in [4.69, 9.17) is 0 Å². The molecule has 0 atom stereocenters. The van der Waals surface area contributed by atoms with Gasteiger partial charge in [0.2, 0.25) is 0 Å². The summed E-state index contributed by atoms with van der Waals surface area (Å²) in [5.41, 5.74) is 1.55. The minimum atomic E-state index is 0.189. The Balaban J connectivity index is 2.91. The van der Waals surface area contributed by atoms with Crippen molar-refractivity contribution in [2.24, 2.45) is 5.41 Å². The summed E-state index contributed by atoms with van der Waals surface area (Å²) in [6.45, 7) is 6.48. The van der Waals surface area contributed by atoms with Gasteiger partial charge in [0, 0.05) is 5.41 Å². The molecule has 64 valence electrons. The fourth-order valence-electron chi connectivity index (χ4n) is 1.24. The van der Waals surface area contributed by atoms with E-state index in [1.165, 1.54) is 5.57 Å².